The van der Waals surface area contributed by atoms with Crippen molar-refractivity contribution in [2.45, 2.75) is 18.2 Å². The van der Waals surface area contributed by atoms with Crippen molar-refractivity contribution in [3.63, 3.8) is 0 Å². The molecule has 0 saturated heterocycles. The van der Waals surface area contributed by atoms with Crippen LogP contribution in [-0.4, -0.2) is 34.6 Å². The molecule has 0 fully saturated rings. The molecule has 2 aromatic rings. The van der Waals surface area contributed by atoms with E-state index in [1.807, 2.05) is 6.07 Å². The maximum absolute atomic E-state index is 12.8. The average molecular weight is 363 g/mol. The minimum absolute atomic E-state index is 0.133. The summed E-state index contributed by atoms with van der Waals surface area (Å²) in [6.07, 6.45) is 0.133. The Balaban J connectivity index is 2.13. The Labute approximate surface area is 148 Å². The zero-order valence-corrected chi connectivity index (χ0v) is 15.0. The third kappa shape index (κ3) is 4.73. The summed E-state index contributed by atoms with van der Waals surface area (Å²) >= 11 is 0. The van der Waals surface area contributed by atoms with Crippen LogP contribution in [0.25, 0.3) is 0 Å². The first kappa shape index (κ1) is 18.8. The lowest BCUT2D eigenvalue weighted by Gasteiger charge is -2.23. The summed E-state index contributed by atoms with van der Waals surface area (Å²) in [4.78, 5) is 11.2. The summed E-state index contributed by atoms with van der Waals surface area (Å²) < 4.78 is 37.0. The molecule has 2 rings (SSSR count). The number of hydrogen-bond donors (Lipinski definition) is 0. The van der Waals surface area contributed by atoms with Crippen molar-refractivity contribution in [3.05, 3.63) is 54.6 Å². The second kappa shape index (κ2) is 8.53. The van der Waals surface area contributed by atoms with Crippen LogP contribution in [-0.2, 0) is 19.6 Å². The van der Waals surface area contributed by atoms with Gasteiger partial charge in [-0.15, -0.1) is 0 Å². The zero-order valence-electron chi connectivity index (χ0n) is 14.2. The van der Waals surface area contributed by atoms with E-state index >= 15 is 0 Å². The Morgan fingerprint density at radius 3 is 2.24 bits per heavy atom. The molecular weight excluding hydrogens is 342 g/mol. The Hall–Kier alpha value is -2.54. The lowest BCUT2D eigenvalue weighted by Crippen LogP contribution is -2.30. The molecule has 0 radical (unpaired) electrons. The number of benzene rings is 2. The van der Waals surface area contributed by atoms with Crippen LogP contribution in [0, 0.1) is 0 Å². The first-order valence-corrected chi connectivity index (χ1v) is 9.30. The fourth-order valence-corrected chi connectivity index (χ4v) is 3.75. The topological polar surface area (TPSA) is 72.9 Å². The van der Waals surface area contributed by atoms with E-state index in [-0.39, 0.29) is 23.9 Å². The predicted octanol–water partition coefficient (Wildman–Crippen LogP) is 2.84. The van der Waals surface area contributed by atoms with Gasteiger partial charge < -0.3 is 9.47 Å². The average Bonchev–Trinajstić information content (AvgIpc) is 2.63. The number of esters is 1. The van der Waals surface area contributed by atoms with Gasteiger partial charge in [0.15, 0.2) is 0 Å². The molecule has 25 heavy (non-hydrogen) atoms. The standard InChI is InChI=1S/C18H21NO5S/c1-3-19(15-7-5-4-6-8-15)25(21,22)17-11-9-16(10-12-17)24-14-13-18(20)23-2/h4-12H,3,13-14H2,1-2H3. The van der Waals surface area contributed by atoms with Gasteiger partial charge in [-0.3, -0.25) is 9.10 Å². The van der Waals surface area contributed by atoms with Crippen molar-refractivity contribution in [3.8, 4) is 5.75 Å². The molecular formula is C18H21NO5S. The SMILES string of the molecule is CCN(c1ccccc1)S(=O)(=O)c1ccc(OCCC(=O)OC)cc1. The fourth-order valence-electron chi connectivity index (χ4n) is 2.27. The normalized spacial score (nSPS) is 11.0. The second-order valence-electron chi connectivity index (χ2n) is 5.15. The Morgan fingerprint density at radius 1 is 1.04 bits per heavy atom. The van der Waals surface area contributed by atoms with Crippen LogP contribution in [0.3, 0.4) is 0 Å². The summed E-state index contributed by atoms with van der Waals surface area (Å²) in [5.74, 6) is 0.131. The maximum atomic E-state index is 12.8. The molecule has 0 saturated carbocycles. The lowest BCUT2D eigenvalue weighted by atomic mass is 10.3. The number of carbonyl (C=O) groups is 1. The van der Waals surface area contributed by atoms with Crippen molar-refractivity contribution in [2.24, 2.45) is 0 Å². The highest BCUT2D eigenvalue weighted by atomic mass is 32.2. The van der Waals surface area contributed by atoms with Gasteiger partial charge in [0.2, 0.25) is 0 Å². The smallest absolute Gasteiger partial charge is 0.308 e. The van der Waals surface area contributed by atoms with Crippen LogP contribution in [0.5, 0.6) is 5.75 Å². The Kier molecular flexibility index (Phi) is 6.41. The van der Waals surface area contributed by atoms with E-state index in [1.54, 1.807) is 43.3 Å². The largest absolute Gasteiger partial charge is 0.493 e. The lowest BCUT2D eigenvalue weighted by molar-refractivity contribution is -0.141. The number of carbonyl (C=O) groups excluding carboxylic acids is 1. The zero-order chi connectivity index (χ0) is 18.3. The monoisotopic (exact) mass is 363 g/mol. The van der Waals surface area contributed by atoms with Gasteiger partial charge in [0.1, 0.15) is 5.75 Å². The minimum atomic E-state index is -3.66. The number of ether oxygens (including phenoxy) is 2. The summed E-state index contributed by atoms with van der Waals surface area (Å²) in [7, 11) is -2.34. The van der Waals surface area contributed by atoms with Crippen molar-refractivity contribution in [1.82, 2.24) is 0 Å². The predicted molar refractivity (Wildman–Crippen MR) is 95.2 cm³/mol. The minimum Gasteiger partial charge on any atom is -0.493 e. The second-order valence-corrected chi connectivity index (χ2v) is 7.01. The molecule has 0 N–H and O–H groups in total. The summed E-state index contributed by atoms with van der Waals surface area (Å²) in [6.45, 7) is 2.28. The Bertz CT molecular complexity index is 788. The number of anilines is 1. The highest BCUT2D eigenvalue weighted by Gasteiger charge is 2.23. The molecule has 0 aliphatic heterocycles. The fraction of sp³-hybridized carbons (Fsp3) is 0.278. The van der Waals surface area contributed by atoms with Crippen LogP contribution in [0.1, 0.15) is 13.3 Å². The van der Waals surface area contributed by atoms with Crippen LogP contribution < -0.4 is 9.04 Å². The van der Waals surface area contributed by atoms with Gasteiger partial charge in [-0.2, -0.15) is 0 Å². The molecule has 134 valence electrons. The number of methoxy groups -OCH3 is 1. The molecule has 0 atom stereocenters. The van der Waals surface area contributed by atoms with Crippen LogP contribution >= 0.6 is 0 Å². The molecule has 0 bridgehead atoms. The number of para-hydroxylation sites is 1. The third-order valence-corrected chi connectivity index (χ3v) is 5.46. The summed E-state index contributed by atoms with van der Waals surface area (Å²) in [5, 5.41) is 0. The van der Waals surface area contributed by atoms with Gasteiger partial charge in [-0.25, -0.2) is 8.42 Å². The Morgan fingerprint density at radius 2 is 1.68 bits per heavy atom. The first-order valence-electron chi connectivity index (χ1n) is 7.86. The molecule has 0 aromatic heterocycles. The van der Waals surface area contributed by atoms with Crippen LogP contribution in [0.15, 0.2) is 59.5 Å². The number of hydrogen-bond acceptors (Lipinski definition) is 5. The van der Waals surface area contributed by atoms with E-state index < -0.39 is 10.0 Å². The highest BCUT2D eigenvalue weighted by molar-refractivity contribution is 7.92. The molecule has 0 aliphatic rings. The van der Waals surface area contributed by atoms with Crippen molar-refractivity contribution in [2.75, 3.05) is 24.6 Å². The van der Waals surface area contributed by atoms with Gasteiger partial charge in [-0.05, 0) is 43.3 Å². The molecule has 0 heterocycles. The quantitative estimate of drug-likeness (QED) is 0.674. The summed E-state index contributed by atoms with van der Waals surface area (Å²) in [5.41, 5.74) is 0.614. The van der Waals surface area contributed by atoms with Crippen LogP contribution in [0.4, 0.5) is 5.69 Å². The molecule has 0 amide bonds. The van der Waals surface area contributed by atoms with E-state index in [9.17, 15) is 13.2 Å². The summed E-state index contributed by atoms with van der Waals surface area (Å²) in [6, 6.07) is 15.1. The van der Waals surface area contributed by atoms with Gasteiger partial charge in [-0.1, -0.05) is 18.2 Å². The van der Waals surface area contributed by atoms with Gasteiger partial charge in [0.05, 0.1) is 30.7 Å². The third-order valence-electron chi connectivity index (χ3n) is 3.55. The first-order chi connectivity index (χ1) is 12.0. The molecule has 7 heteroatoms. The molecule has 6 nitrogen and oxygen atoms in total. The molecule has 0 spiro atoms. The van der Waals surface area contributed by atoms with Crippen molar-refractivity contribution in [1.29, 1.82) is 0 Å². The van der Waals surface area contributed by atoms with Crippen molar-refractivity contribution < 1.29 is 22.7 Å². The number of rotatable bonds is 8. The number of sulfonamides is 1. The molecule has 0 aliphatic carbocycles. The van der Waals surface area contributed by atoms with E-state index in [2.05, 4.69) is 4.74 Å². The highest BCUT2D eigenvalue weighted by Crippen LogP contribution is 2.24. The van der Waals surface area contributed by atoms with Gasteiger partial charge in [0, 0.05) is 6.54 Å². The van der Waals surface area contributed by atoms with Gasteiger partial charge in [0.25, 0.3) is 10.0 Å². The maximum Gasteiger partial charge on any atom is 0.308 e. The van der Waals surface area contributed by atoms with E-state index in [0.717, 1.165) is 0 Å². The molecule has 0 unspecified atom stereocenters. The van der Waals surface area contributed by atoms with E-state index in [0.29, 0.717) is 18.0 Å². The van der Waals surface area contributed by atoms with E-state index in [4.69, 9.17) is 4.74 Å². The van der Waals surface area contributed by atoms with Crippen LogP contribution in [0.2, 0.25) is 0 Å². The molecule has 2 aromatic carbocycles. The van der Waals surface area contributed by atoms with Gasteiger partial charge >= 0.3 is 5.97 Å². The van der Waals surface area contributed by atoms with E-state index in [1.165, 1.54) is 23.5 Å². The van der Waals surface area contributed by atoms with Crippen molar-refractivity contribution >= 4 is 21.7 Å². The number of nitrogens with zero attached hydrogens (tertiary/aromatic N) is 1.